The van der Waals surface area contributed by atoms with Crippen molar-refractivity contribution in [2.24, 2.45) is 4.99 Å². The van der Waals surface area contributed by atoms with Gasteiger partial charge in [-0.2, -0.15) is 0 Å². The number of ether oxygens (including phenoxy) is 1. The molecule has 0 spiro atoms. The van der Waals surface area contributed by atoms with E-state index < -0.39 is 9.84 Å². The van der Waals surface area contributed by atoms with E-state index in [1.54, 1.807) is 6.07 Å². The summed E-state index contributed by atoms with van der Waals surface area (Å²) >= 11 is 0. The van der Waals surface area contributed by atoms with E-state index >= 15 is 0 Å². The number of benzene rings is 1. The van der Waals surface area contributed by atoms with Crippen LogP contribution in [0.1, 0.15) is 31.9 Å². The van der Waals surface area contributed by atoms with Gasteiger partial charge in [0.05, 0.1) is 24.7 Å². The van der Waals surface area contributed by atoms with Crippen molar-refractivity contribution in [2.45, 2.75) is 51.2 Å². The Morgan fingerprint density at radius 2 is 2.10 bits per heavy atom. The maximum absolute atomic E-state index is 11.8. The first-order valence-electron chi connectivity index (χ1n) is 9.87. The molecule has 0 amide bonds. The summed E-state index contributed by atoms with van der Waals surface area (Å²) in [6.07, 6.45) is 1.23. The number of aryl methyl sites for hydroxylation is 1. The molecule has 1 heterocycles. The van der Waals surface area contributed by atoms with Crippen LogP contribution < -0.4 is 10.6 Å². The van der Waals surface area contributed by atoms with Crippen LogP contribution in [0.15, 0.2) is 28.1 Å². The standard InChI is InChI=1S/C20H34N4O3S.HI/c1-6-21-20(22-12-16(3)24-9-10-27-14-17(24)4)23-13-18-7-8-19(15(2)11-18)28(5,25)26;/h7-8,11,16-17H,6,9-10,12-14H2,1-5H3,(H2,21,22,23);1H. The van der Waals surface area contributed by atoms with Crippen LogP contribution in [0.3, 0.4) is 0 Å². The average Bonchev–Trinajstić information content (AvgIpc) is 2.63. The molecule has 0 aliphatic carbocycles. The summed E-state index contributed by atoms with van der Waals surface area (Å²) in [5, 5.41) is 6.69. The van der Waals surface area contributed by atoms with Crippen molar-refractivity contribution in [1.82, 2.24) is 15.5 Å². The van der Waals surface area contributed by atoms with Gasteiger partial charge in [0.25, 0.3) is 0 Å². The van der Waals surface area contributed by atoms with Crippen molar-refractivity contribution in [2.75, 3.05) is 39.1 Å². The molecule has 0 bridgehead atoms. The number of rotatable bonds is 7. The van der Waals surface area contributed by atoms with Crippen LogP contribution in [0.4, 0.5) is 0 Å². The molecule has 29 heavy (non-hydrogen) atoms. The highest BCUT2D eigenvalue weighted by molar-refractivity contribution is 14.0. The largest absolute Gasteiger partial charge is 0.379 e. The van der Waals surface area contributed by atoms with E-state index in [4.69, 9.17) is 4.74 Å². The number of nitrogens with one attached hydrogen (secondary N) is 2. The molecule has 1 aliphatic heterocycles. The third-order valence-corrected chi connectivity index (χ3v) is 6.21. The summed E-state index contributed by atoms with van der Waals surface area (Å²) in [5.41, 5.74) is 1.74. The smallest absolute Gasteiger partial charge is 0.191 e. The van der Waals surface area contributed by atoms with E-state index in [1.807, 2.05) is 26.0 Å². The number of aliphatic imine (C=N–C) groups is 1. The molecular formula is C20H35IN4O3S. The number of hydrogen-bond donors (Lipinski definition) is 2. The Balaban J connectivity index is 0.00000420. The molecule has 9 heteroatoms. The Kier molecular flexibility index (Phi) is 10.9. The molecule has 1 aromatic carbocycles. The Morgan fingerprint density at radius 3 is 2.69 bits per heavy atom. The predicted octanol–water partition coefficient (Wildman–Crippen LogP) is 2.18. The van der Waals surface area contributed by atoms with E-state index in [9.17, 15) is 8.42 Å². The lowest BCUT2D eigenvalue weighted by Crippen LogP contribution is -2.53. The van der Waals surface area contributed by atoms with Crippen LogP contribution in [-0.4, -0.2) is 70.5 Å². The molecule has 2 N–H and O–H groups in total. The van der Waals surface area contributed by atoms with Gasteiger partial charge in [-0.1, -0.05) is 12.1 Å². The van der Waals surface area contributed by atoms with Gasteiger partial charge in [0.1, 0.15) is 0 Å². The molecule has 7 nitrogen and oxygen atoms in total. The van der Waals surface area contributed by atoms with Crippen LogP contribution >= 0.6 is 24.0 Å². The number of hydrogen-bond acceptors (Lipinski definition) is 5. The van der Waals surface area contributed by atoms with Gasteiger partial charge < -0.3 is 15.4 Å². The quantitative estimate of drug-likeness (QED) is 0.315. The van der Waals surface area contributed by atoms with Crippen LogP contribution in [0.25, 0.3) is 0 Å². The molecule has 166 valence electrons. The predicted molar refractivity (Wildman–Crippen MR) is 129 cm³/mol. The normalized spacial score (nSPS) is 19.3. The second-order valence-electron chi connectivity index (χ2n) is 7.46. The summed E-state index contributed by atoms with van der Waals surface area (Å²) in [4.78, 5) is 7.48. The zero-order valence-electron chi connectivity index (χ0n) is 18.1. The first kappa shape index (κ1) is 26.1. The molecular weight excluding hydrogens is 503 g/mol. The van der Waals surface area contributed by atoms with Crippen molar-refractivity contribution in [1.29, 1.82) is 0 Å². The minimum absolute atomic E-state index is 0. The molecule has 1 aromatic rings. The van der Waals surface area contributed by atoms with E-state index in [1.165, 1.54) is 6.26 Å². The minimum Gasteiger partial charge on any atom is -0.379 e. The van der Waals surface area contributed by atoms with Crippen molar-refractivity contribution in [3.63, 3.8) is 0 Å². The molecule has 0 radical (unpaired) electrons. The van der Waals surface area contributed by atoms with Crippen molar-refractivity contribution >= 4 is 39.8 Å². The van der Waals surface area contributed by atoms with Crippen molar-refractivity contribution in [3.05, 3.63) is 29.3 Å². The lowest BCUT2D eigenvalue weighted by atomic mass is 10.1. The highest BCUT2D eigenvalue weighted by atomic mass is 127. The summed E-state index contributed by atoms with van der Waals surface area (Å²) in [7, 11) is -3.20. The van der Waals surface area contributed by atoms with Crippen molar-refractivity contribution in [3.8, 4) is 0 Å². The van der Waals surface area contributed by atoms with Crippen LogP contribution in [0.2, 0.25) is 0 Å². The van der Waals surface area contributed by atoms with Crippen LogP contribution in [0.5, 0.6) is 0 Å². The van der Waals surface area contributed by atoms with Gasteiger partial charge in [-0.05, 0) is 44.9 Å². The van der Waals surface area contributed by atoms with Gasteiger partial charge in [-0.25, -0.2) is 13.4 Å². The van der Waals surface area contributed by atoms with Gasteiger partial charge in [-0.3, -0.25) is 4.90 Å². The Hall–Kier alpha value is -0.910. The third-order valence-electron chi connectivity index (χ3n) is 4.95. The lowest BCUT2D eigenvalue weighted by molar-refractivity contribution is -0.0174. The summed E-state index contributed by atoms with van der Waals surface area (Å²) in [5.74, 6) is 0.764. The summed E-state index contributed by atoms with van der Waals surface area (Å²) < 4.78 is 29.0. The molecule has 2 unspecified atom stereocenters. The Bertz CT molecular complexity index is 786. The second kappa shape index (κ2) is 12.1. The Labute approximate surface area is 192 Å². The second-order valence-corrected chi connectivity index (χ2v) is 9.44. The topological polar surface area (TPSA) is 83.0 Å². The molecule has 0 aromatic heterocycles. The van der Waals surface area contributed by atoms with Crippen molar-refractivity contribution < 1.29 is 13.2 Å². The average molecular weight is 538 g/mol. The highest BCUT2D eigenvalue weighted by Gasteiger charge is 2.23. The number of morpholine rings is 1. The number of nitrogens with zero attached hydrogens (tertiary/aromatic N) is 2. The van der Waals surface area contributed by atoms with Gasteiger partial charge >= 0.3 is 0 Å². The molecule has 2 atom stereocenters. The van der Waals surface area contributed by atoms with E-state index in [2.05, 4.69) is 34.4 Å². The summed E-state index contributed by atoms with van der Waals surface area (Å²) in [6, 6.07) is 6.17. The maximum atomic E-state index is 11.8. The minimum atomic E-state index is -3.20. The first-order valence-corrected chi connectivity index (χ1v) is 11.8. The number of sulfone groups is 1. The SMILES string of the molecule is CCNC(=NCc1ccc(S(C)(=O)=O)c(C)c1)NCC(C)N1CCOCC1C.I. The monoisotopic (exact) mass is 538 g/mol. The fourth-order valence-electron chi connectivity index (χ4n) is 3.49. The van der Waals surface area contributed by atoms with E-state index in [0.29, 0.717) is 23.5 Å². The molecule has 1 saturated heterocycles. The number of halogens is 1. The van der Waals surface area contributed by atoms with E-state index in [-0.39, 0.29) is 24.0 Å². The fraction of sp³-hybridized carbons (Fsp3) is 0.650. The maximum Gasteiger partial charge on any atom is 0.191 e. The van der Waals surface area contributed by atoms with Gasteiger partial charge in [0.2, 0.25) is 0 Å². The third kappa shape index (κ3) is 8.03. The molecule has 0 saturated carbocycles. The van der Waals surface area contributed by atoms with E-state index in [0.717, 1.165) is 49.9 Å². The van der Waals surface area contributed by atoms with Crippen LogP contribution in [0, 0.1) is 6.92 Å². The molecule has 1 fully saturated rings. The highest BCUT2D eigenvalue weighted by Crippen LogP contribution is 2.17. The Morgan fingerprint density at radius 1 is 1.38 bits per heavy atom. The van der Waals surface area contributed by atoms with Gasteiger partial charge in [-0.15, -0.1) is 24.0 Å². The summed E-state index contributed by atoms with van der Waals surface area (Å²) in [6.45, 7) is 12.8. The van der Waals surface area contributed by atoms with Crippen LogP contribution in [-0.2, 0) is 21.1 Å². The lowest BCUT2D eigenvalue weighted by Gasteiger charge is -2.38. The fourth-order valence-corrected chi connectivity index (χ4v) is 4.45. The first-order chi connectivity index (χ1) is 13.2. The zero-order chi connectivity index (χ0) is 20.7. The van der Waals surface area contributed by atoms with Gasteiger partial charge in [0, 0.05) is 38.0 Å². The molecule has 2 rings (SSSR count). The van der Waals surface area contributed by atoms with Gasteiger partial charge in [0.15, 0.2) is 15.8 Å². The molecule has 1 aliphatic rings. The zero-order valence-corrected chi connectivity index (χ0v) is 21.2. The number of guanidine groups is 1.